The molecule has 0 saturated carbocycles. The molecule has 0 unspecified atom stereocenters. The molecular formula is C4H8O4. The van der Waals surface area contributed by atoms with Gasteiger partial charge >= 0.3 is 6.16 Å². The maximum atomic E-state index is 8.90. The second-order valence-corrected chi connectivity index (χ2v) is 0.765. The summed E-state index contributed by atoms with van der Waals surface area (Å²) in [6.07, 6.45) is 0.0602. The van der Waals surface area contributed by atoms with Crippen molar-refractivity contribution in [2.45, 2.75) is 6.92 Å². The fourth-order valence-electron chi connectivity index (χ4n) is 0. The molecule has 0 aromatic heterocycles. The number of carbonyl (C=O) groups is 1. The Morgan fingerprint density at radius 1 is 1.88 bits per heavy atom. The Hall–Kier alpha value is -1.03. The van der Waals surface area contributed by atoms with Crippen LogP contribution < -0.4 is 0 Å². The monoisotopic (exact) mass is 120 g/mol. The summed E-state index contributed by atoms with van der Waals surface area (Å²) < 4.78 is 0. The summed E-state index contributed by atoms with van der Waals surface area (Å²) in [6, 6.07) is 0. The standard InChI is InChI=1S/C3H6.CH2O4/c1-3-2;2-1(3)5-4/h3H,1H2,2H3;4H,(H,2,3). The minimum absolute atomic E-state index is 1.69. The Morgan fingerprint density at radius 2 is 2.00 bits per heavy atom. The highest BCUT2D eigenvalue weighted by Gasteiger charge is 1.84. The smallest absolute Gasteiger partial charge is 0.448 e. The van der Waals surface area contributed by atoms with Crippen molar-refractivity contribution in [2.75, 3.05) is 0 Å². The fraction of sp³-hybridized carbons (Fsp3) is 0.250. The third-order valence-electron chi connectivity index (χ3n) is 0.0781. The predicted molar refractivity (Wildman–Crippen MR) is 27.6 cm³/mol. The second kappa shape index (κ2) is 9.36. The average Bonchev–Trinajstić information content (AvgIpc) is 1.69. The van der Waals surface area contributed by atoms with E-state index in [9.17, 15) is 0 Å². The van der Waals surface area contributed by atoms with Gasteiger partial charge in [-0.1, -0.05) is 6.08 Å². The number of hydrogen-bond acceptors (Lipinski definition) is 3. The van der Waals surface area contributed by atoms with Gasteiger partial charge in [0, 0.05) is 0 Å². The SMILES string of the molecule is C=CC.O=C(O)OO. The molecule has 2 N–H and O–H groups in total. The molecule has 4 heteroatoms. The van der Waals surface area contributed by atoms with E-state index in [1.807, 2.05) is 6.92 Å². The van der Waals surface area contributed by atoms with Gasteiger partial charge in [0.15, 0.2) is 0 Å². The Bertz CT molecular complexity index is 68.4. The first-order valence-corrected chi connectivity index (χ1v) is 1.80. The molecule has 0 heterocycles. The lowest BCUT2D eigenvalue weighted by Gasteiger charge is -1.75. The molecule has 0 bridgehead atoms. The van der Waals surface area contributed by atoms with Crippen molar-refractivity contribution in [1.82, 2.24) is 0 Å². The van der Waals surface area contributed by atoms with Crippen molar-refractivity contribution in [2.24, 2.45) is 0 Å². The molecular weight excluding hydrogens is 112 g/mol. The quantitative estimate of drug-likeness (QED) is 0.287. The van der Waals surface area contributed by atoms with Gasteiger partial charge in [0.05, 0.1) is 0 Å². The van der Waals surface area contributed by atoms with Gasteiger partial charge in [-0.15, -0.1) is 6.58 Å². The Balaban J connectivity index is 0. The topological polar surface area (TPSA) is 66.8 Å². The largest absolute Gasteiger partial charge is 0.537 e. The fourth-order valence-corrected chi connectivity index (χ4v) is 0. The maximum absolute atomic E-state index is 8.90. The van der Waals surface area contributed by atoms with Crippen molar-refractivity contribution < 1.29 is 20.0 Å². The molecule has 0 aromatic carbocycles. The minimum atomic E-state index is -1.69. The zero-order chi connectivity index (χ0) is 6.99. The van der Waals surface area contributed by atoms with Crippen LogP contribution in [-0.2, 0) is 4.89 Å². The summed E-state index contributed by atoms with van der Waals surface area (Å²) in [4.78, 5) is 11.6. The molecule has 0 radical (unpaired) electrons. The van der Waals surface area contributed by atoms with Crippen molar-refractivity contribution in [3.63, 3.8) is 0 Å². The summed E-state index contributed by atoms with van der Waals surface area (Å²) in [7, 11) is 0. The molecule has 0 aromatic rings. The molecule has 0 aliphatic carbocycles. The highest BCUT2D eigenvalue weighted by Crippen LogP contribution is 1.59. The van der Waals surface area contributed by atoms with Crippen LogP contribution in [0, 0.1) is 0 Å². The minimum Gasteiger partial charge on any atom is -0.448 e. The van der Waals surface area contributed by atoms with Crippen LogP contribution in [0.15, 0.2) is 12.7 Å². The normalized spacial score (nSPS) is 5.75. The Kier molecular flexibility index (Phi) is 11.8. The molecule has 0 fully saturated rings. The van der Waals surface area contributed by atoms with Gasteiger partial charge in [-0.3, -0.25) is 4.89 Å². The number of hydrogen-bond donors (Lipinski definition) is 2. The van der Waals surface area contributed by atoms with E-state index in [1.54, 1.807) is 6.08 Å². The summed E-state index contributed by atoms with van der Waals surface area (Å²) >= 11 is 0. The molecule has 4 nitrogen and oxygen atoms in total. The van der Waals surface area contributed by atoms with E-state index in [2.05, 4.69) is 11.5 Å². The third-order valence-corrected chi connectivity index (χ3v) is 0.0781. The summed E-state index contributed by atoms with van der Waals surface area (Å²) in [5, 5.41) is 14.3. The third kappa shape index (κ3) is 83.3. The van der Waals surface area contributed by atoms with Crippen LogP contribution in [-0.4, -0.2) is 16.5 Å². The number of rotatable bonds is 0. The first kappa shape index (κ1) is 10.1. The average molecular weight is 120 g/mol. The van der Waals surface area contributed by atoms with Gasteiger partial charge in [0.1, 0.15) is 0 Å². The Labute approximate surface area is 46.9 Å². The van der Waals surface area contributed by atoms with E-state index in [4.69, 9.17) is 15.2 Å². The summed E-state index contributed by atoms with van der Waals surface area (Å²) in [6.45, 7) is 5.25. The van der Waals surface area contributed by atoms with E-state index in [0.29, 0.717) is 0 Å². The van der Waals surface area contributed by atoms with Crippen LogP contribution in [0.3, 0.4) is 0 Å². The van der Waals surface area contributed by atoms with Crippen molar-refractivity contribution in [3.8, 4) is 0 Å². The number of allylic oxidation sites excluding steroid dienone is 1. The van der Waals surface area contributed by atoms with Crippen LogP contribution >= 0.6 is 0 Å². The highest BCUT2D eigenvalue weighted by atomic mass is 17.1. The van der Waals surface area contributed by atoms with Crippen molar-refractivity contribution in [3.05, 3.63) is 12.7 Å². The molecule has 0 spiro atoms. The number of carboxylic acid groups (broad SMARTS) is 1. The van der Waals surface area contributed by atoms with Gasteiger partial charge in [-0.25, -0.2) is 4.79 Å². The molecule has 8 heavy (non-hydrogen) atoms. The Morgan fingerprint density at radius 3 is 2.00 bits per heavy atom. The molecule has 48 valence electrons. The molecule has 0 atom stereocenters. The lowest BCUT2D eigenvalue weighted by atomic mass is 10.8. The highest BCUT2D eigenvalue weighted by molar-refractivity contribution is 5.55. The van der Waals surface area contributed by atoms with Crippen LogP contribution in [0.25, 0.3) is 0 Å². The molecule has 0 aliphatic heterocycles. The first-order valence-electron chi connectivity index (χ1n) is 1.80. The molecule has 0 saturated heterocycles. The predicted octanol–water partition coefficient (Wildman–Crippen LogP) is 1.35. The van der Waals surface area contributed by atoms with Gasteiger partial charge in [-0.2, -0.15) is 5.26 Å². The first-order chi connectivity index (χ1) is 3.68. The van der Waals surface area contributed by atoms with Crippen LogP contribution in [0.2, 0.25) is 0 Å². The van der Waals surface area contributed by atoms with E-state index in [1.165, 1.54) is 0 Å². The van der Waals surface area contributed by atoms with Crippen molar-refractivity contribution >= 4 is 6.16 Å². The van der Waals surface area contributed by atoms with Crippen LogP contribution in [0.4, 0.5) is 4.79 Å². The lowest BCUT2D eigenvalue weighted by molar-refractivity contribution is -0.194. The van der Waals surface area contributed by atoms with E-state index in [-0.39, 0.29) is 0 Å². The van der Waals surface area contributed by atoms with Gasteiger partial charge in [-0.05, 0) is 6.92 Å². The van der Waals surface area contributed by atoms with Crippen molar-refractivity contribution in [1.29, 1.82) is 0 Å². The maximum Gasteiger partial charge on any atom is 0.537 e. The summed E-state index contributed by atoms with van der Waals surface area (Å²) in [5.74, 6) is 0. The lowest BCUT2D eigenvalue weighted by Crippen LogP contribution is -1.91. The van der Waals surface area contributed by atoms with E-state index in [0.717, 1.165) is 0 Å². The van der Waals surface area contributed by atoms with Crippen LogP contribution in [0.5, 0.6) is 0 Å². The van der Waals surface area contributed by atoms with Gasteiger partial charge < -0.3 is 5.11 Å². The molecule has 0 rings (SSSR count). The zero-order valence-electron chi connectivity index (χ0n) is 4.50. The van der Waals surface area contributed by atoms with E-state index < -0.39 is 6.16 Å². The molecule has 0 amide bonds. The summed E-state index contributed by atoms with van der Waals surface area (Å²) in [5.41, 5.74) is 0. The molecule has 0 aliphatic rings. The van der Waals surface area contributed by atoms with E-state index >= 15 is 0 Å². The van der Waals surface area contributed by atoms with Gasteiger partial charge in [0.25, 0.3) is 0 Å². The van der Waals surface area contributed by atoms with Crippen LogP contribution in [0.1, 0.15) is 6.92 Å². The second-order valence-electron chi connectivity index (χ2n) is 0.765. The zero-order valence-corrected chi connectivity index (χ0v) is 4.50. The van der Waals surface area contributed by atoms with Gasteiger partial charge in [0.2, 0.25) is 0 Å².